The number of aromatic nitrogens is 3. The molecule has 0 amide bonds. The smallest absolute Gasteiger partial charge is 0.138 e. The van der Waals surface area contributed by atoms with E-state index >= 15 is 0 Å². The second kappa shape index (κ2) is 6.43. The van der Waals surface area contributed by atoms with Crippen LogP contribution in [0.4, 0.5) is 0 Å². The quantitative estimate of drug-likeness (QED) is 0.911. The molecule has 0 bridgehead atoms. The molecule has 128 valence electrons. The molecular formula is C18H24N4O2. The summed E-state index contributed by atoms with van der Waals surface area (Å²) in [6.45, 7) is 6.45. The highest BCUT2D eigenvalue weighted by atomic mass is 16.5. The number of hydrogen-bond acceptors (Lipinski definition) is 5. The summed E-state index contributed by atoms with van der Waals surface area (Å²) in [5, 5.41) is 7.93. The molecule has 1 N–H and O–H groups in total. The molecule has 4 rings (SSSR count). The van der Waals surface area contributed by atoms with Crippen LogP contribution in [-0.4, -0.2) is 33.5 Å². The van der Waals surface area contributed by atoms with E-state index in [1.165, 1.54) is 5.56 Å². The van der Waals surface area contributed by atoms with Gasteiger partial charge in [-0.1, -0.05) is 0 Å². The van der Waals surface area contributed by atoms with E-state index in [4.69, 9.17) is 9.47 Å². The van der Waals surface area contributed by atoms with Crippen molar-refractivity contribution >= 4 is 0 Å². The van der Waals surface area contributed by atoms with Gasteiger partial charge in [0.2, 0.25) is 0 Å². The molecule has 0 radical (unpaired) electrons. The zero-order chi connectivity index (χ0) is 16.5. The van der Waals surface area contributed by atoms with Gasteiger partial charge in [0.05, 0.1) is 13.2 Å². The summed E-state index contributed by atoms with van der Waals surface area (Å²) < 4.78 is 13.8. The first-order chi connectivity index (χ1) is 11.7. The molecule has 6 nitrogen and oxygen atoms in total. The highest BCUT2D eigenvalue weighted by Crippen LogP contribution is 2.35. The summed E-state index contributed by atoms with van der Waals surface area (Å²) in [6, 6.07) is 4.69. The third-order valence-corrected chi connectivity index (χ3v) is 4.77. The molecule has 1 aromatic heterocycles. The van der Waals surface area contributed by atoms with Crippen LogP contribution in [0.25, 0.3) is 0 Å². The lowest BCUT2D eigenvalue weighted by Crippen LogP contribution is -2.37. The first-order valence-corrected chi connectivity index (χ1v) is 8.78. The molecule has 0 fully saturated rings. The van der Waals surface area contributed by atoms with Crippen molar-refractivity contribution in [1.29, 1.82) is 0 Å². The largest absolute Gasteiger partial charge is 0.494 e. The molecule has 2 aromatic rings. The topological polar surface area (TPSA) is 61.2 Å². The van der Waals surface area contributed by atoms with E-state index in [9.17, 15) is 0 Å². The predicted molar refractivity (Wildman–Crippen MR) is 90.4 cm³/mol. The van der Waals surface area contributed by atoms with Crippen LogP contribution < -0.4 is 14.8 Å². The number of ether oxygens (including phenoxy) is 2. The van der Waals surface area contributed by atoms with Gasteiger partial charge in [0.25, 0.3) is 0 Å². The Balaban J connectivity index is 1.47. The minimum Gasteiger partial charge on any atom is -0.494 e. The van der Waals surface area contributed by atoms with Crippen molar-refractivity contribution in [3.63, 3.8) is 0 Å². The van der Waals surface area contributed by atoms with Crippen molar-refractivity contribution in [2.24, 2.45) is 0 Å². The molecule has 0 saturated carbocycles. The van der Waals surface area contributed by atoms with Crippen LogP contribution >= 0.6 is 0 Å². The van der Waals surface area contributed by atoms with Crippen LogP contribution in [0.1, 0.15) is 37.2 Å². The van der Waals surface area contributed by atoms with E-state index in [1.807, 2.05) is 11.6 Å². The molecule has 2 aliphatic rings. The zero-order valence-corrected chi connectivity index (χ0v) is 14.3. The number of benzene rings is 1. The molecular weight excluding hydrogens is 304 g/mol. The van der Waals surface area contributed by atoms with Gasteiger partial charge in [0.1, 0.15) is 29.8 Å². The maximum Gasteiger partial charge on any atom is 0.138 e. The monoisotopic (exact) mass is 328 g/mol. The van der Waals surface area contributed by atoms with Gasteiger partial charge in [-0.3, -0.25) is 0 Å². The van der Waals surface area contributed by atoms with E-state index in [2.05, 4.69) is 34.5 Å². The van der Waals surface area contributed by atoms with Crippen molar-refractivity contribution < 1.29 is 9.47 Å². The Bertz CT molecular complexity index is 728. The number of aryl methyl sites for hydroxylation is 1. The van der Waals surface area contributed by atoms with Gasteiger partial charge in [0, 0.05) is 36.6 Å². The second-order valence-electron chi connectivity index (χ2n) is 6.61. The molecule has 0 saturated heterocycles. The van der Waals surface area contributed by atoms with Crippen molar-refractivity contribution in [1.82, 2.24) is 20.1 Å². The molecule has 2 atom stereocenters. The van der Waals surface area contributed by atoms with Gasteiger partial charge in [-0.2, -0.15) is 5.10 Å². The van der Waals surface area contributed by atoms with Crippen LogP contribution in [0.2, 0.25) is 0 Å². The van der Waals surface area contributed by atoms with Gasteiger partial charge in [-0.25, -0.2) is 9.67 Å². The maximum absolute atomic E-state index is 5.90. The van der Waals surface area contributed by atoms with Gasteiger partial charge >= 0.3 is 0 Å². The lowest BCUT2D eigenvalue weighted by molar-refractivity contribution is 0.254. The molecule has 0 spiro atoms. The van der Waals surface area contributed by atoms with Gasteiger partial charge in [-0.15, -0.1) is 0 Å². The molecule has 0 aliphatic carbocycles. The lowest BCUT2D eigenvalue weighted by atomic mass is 10.0. The van der Waals surface area contributed by atoms with Crippen molar-refractivity contribution in [2.45, 2.75) is 58.3 Å². The van der Waals surface area contributed by atoms with Crippen LogP contribution in [0.15, 0.2) is 18.5 Å². The molecule has 24 heavy (non-hydrogen) atoms. The summed E-state index contributed by atoms with van der Waals surface area (Å²) in [4.78, 5) is 4.28. The average Bonchev–Trinajstić information content (AvgIpc) is 3.17. The number of nitrogens with one attached hydrogen (secondary N) is 1. The number of fused-ring (bicyclic) bond motifs is 2. The number of hydrogen-bond donors (Lipinski definition) is 1. The van der Waals surface area contributed by atoms with Crippen LogP contribution in [0.3, 0.4) is 0 Å². The summed E-state index contributed by atoms with van der Waals surface area (Å²) in [6.07, 6.45) is 4.91. The molecule has 0 unspecified atom stereocenters. The third kappa shape index (κ3) is 2.98. The maximum atomic E-state index is 5.90. The summed E-state index contributed by atoms with van der Waals surface area (Å²) in [5.41, 5.74) is 2.41. The zero-order valence-electron chi connectivity index (χ0n) is 14.3. The Morgan fingerprint density at radius 1 is 1.42 bits per heavy atom. The molecule has 1 aromatic carbocycles. The van der Waals surface area contributed by atoms with Crippen LogP contribution in [0, 0.1) is 0 Å². The van der Waals surface area contributed by atoms with Gasteiger partial charge in [0.15, 0.2) is 0 Å². The number of nitrogens with zero attached hydrogens (tertiary/aromatic N) is 3. The van der Waals surface area contributed by atoms with E-state index < -0.39 is 0 Å². The Hall–Kier alpha value is -2.08. The molecule has 3 heterocycles. The average molecular weight is 328 g/mol. The highest BCUT2D eigenvalue weighted by Gasteiger charge is 2.23. The SMILES string of the molecule is CCOc1cc2c(cc1CN[C@H]1CCc3ncnn3C1)O[C@@H](C)C2. The number of rotatable bonds is 5. The van der Waals surface area contributed by atoms with Crippen molar-refractivity contribution in [3.8, 4) is 11.5 Å². The third-order valence-electron chi connectivity index (χ3n) is 4.77. The lowest BCUT2D eigenvalue weighted by Gasteiger charge is -2.24. The van der Waals surface area contributed by atoms with Crippen LogP contribution in [0.5, 0.6) is 11.5 Å². The first kappa shape index (κ1) is 15.4. The predicted octanol–water partition coefficient (Wildman–Crippen LogP) is 2.10. The van der Waals surface area contributed by atoms with Gasteiger partial charge < -0.3 is 14.8 Å². The first-order valence-electron chi connectivity index (χ1n) is 8.78. The van der Waals surface area contributed by atoms with Crippen LogP contribution in [-0.2, 0) is 25.9 Å². The fraction of sp³-hybridized carbons (Fsp3) is 0.556. The Morgan fingerprint density at radius 2 is 2.33 bits per heavy atom. The molecule has 6 heteroatoms. The van der Waals surface area contributed by atoms with E-state index in [1.54, 1.807) is 6.33 Å². The summed E-state index contributed by atoms with van der Waals surface area (Å²) in [7, 11) is 0. The van der Waals surface area contributed by atoms with E-state index in [0.717, 1.165) is 55.2 Å². The van der Waals surface area contributed by atoms with Gasteiger partial charge in [-0.05, 0) is 32.4 Å². The van der Waals surface area contributed by atoms with E-state index in [-0.39, 0.29) is 6.10 Å². The summed E-state index contributed by atoms with van der Waals surface area (Å²) in [5.74, 6) is 3.06. The van der Waals surface area contributed by atoms with Crippen molar-refractivity contribution in [3.05, 3.63) is 35.4 Å². The standard InChI is InChI=1S/C18H24N4O2/c1-3-23-16-7-13-6-12(2)24-17(13)8-14(16)9-19-15-4-5-18-20-11-21-22(18)10-15/h7-8,11-12,15,19H,3-6,9-10H2,1-2H3/t12-,15-/m0/s1. The minimum atomic E-state index is 0.252. The Kier molecular flexibility index (Phi) is 4.14. The highest BCUT2D eigenvalue weighted by molar-refractivity contribution is 5.48. The fourth-order valence-electron chi connectivity index (χ4n) is 3.57. The molecule has 2 aliphatic heterocycles. The fourth-order valence-corrected chi connectivity index (χ4v) is 3.57. The second-order valence-corrected chi connectivity index (χ2v) is 6.61. The van der Waals surface area contributed by atoms with E-state index in [0.29, 0.717) is 12.6 Å². The minimum absolute atomic E-state index is 0.252. The van der Waals surface area contributed by atoms with Crippen molar-refractivity contribution in [2.75, 3.05) is 6.61 Å². The Labute approximate surface area is 142 Å². The Morgan fingerprint density at radius 3 is 3.21 bits per heavy atom. The summed E-state index contributed by atoms with van der Waals surface area (Å²) >= 11 is 0. The normalized spacial score (nSPS) is 21.9.